The molecule has 1 aliphatic carbocycles. The predicted octanol–water partition coefficient (Wildman–Crippen LogP) is 1.06. The average molecular weight is 478 g/mol. The van der Waals surface area contributed by atoms with Gasteiger partial charge in [-0.3, -0.25) is 9.59 Å². The van der Waals surface area contributed by atoms with Crippen LogP contribution in [0.15, 0.2) is 10.7 Å². The Kier molecular flexibility index (Phi) is 10.0. The lowest BCUT2D eigenvalue weighted by molar-refractivity contribution is -0.149. The number of morpholine rings is 1. The molecule has 176 valence electrons. The van der Waals surface area contributed by atoms with Crippen molar-refractivity contribution in [1.82, 2.24) is 20.1 Å². The van der Waals surface area contributed by atoms with Gasteiger partial charge in [-0.25, -0.2) is 4.98 Å². The largest absolute Gasteiger partial charge is 0.447 e. The van der Waals surface area contributed by atoms with Crippen LogP contribution in [0.1, 0.15) is 42.1 Å². The first kappa shape index (κ1) is 25.9. The SMILES string of the molecule is Cl.Cl.NCc1nc(C(=O)NCC2CN(CC3CCN(CC4CC4)CC3)C(=O)CO2)co1. The van der Waals surface area contributed by atoms with Crippen LogP contribution in [0.2, 0.25) is 0 Å². The Morgan fingerprint density at radius 1 is 1.16 bits per heavy atom. The zero-order valence-electron chi connectivity index (χ0n) is 17.7. The molecule has 1 atom stereocenters. The molecule has 2 saturated heterocycles. The minimum Gasteiger partial charge on any atom is -0.447 e. The normalized spacial score (nSPS) is 22.5. The summed E-state index contributed by atoms with van der Waals surface area (Å²) < 4.78 is 10.7. The molecule has 0 bridgehead atoms. The van der Waals surface area contributed by atoms with Gasteiger partial charge in [0.1, 0.15) is 12.9 Å². The second-order valence-corrected chi connectivity index (χ2v) is 8.46. The monoisotopic (exact) mass is 477 g/mol. The van der Waals surface area contributed by atoms with Crippen LogP contribution in [-0.4, -0.2) is 78.6 Å². The first-order valence-electron chi connectivity index (χ1n) is 10.6. The van der Waals surface area contributed by atoms with Gasteiger partial charge in [-0.15, -0.1) is 24.8 Å². The number of ether oxygens (including phenoxy) is 1. The number of likely N-dealkylation sites (tertiary alicyclic amines) is 1. The molecule has 2 amide bonds. The summed E-state index contributed by atoms with van der Waals surface area (Å²) >= 11 is 0. The summed E-state index contributed by atoms with van der Waals surface area (Å²) in [7, 11) is 0. The molecule has 3 heterocycles. The van der Waals surface area contributed by atoms with Crippen molar-refractivity contribution in [3.05, 3.63) is 17.8 Å². The number of nitrogens with two attached hydrogens (primary N) is 1. The molecular formula is C20H33Cl2N5O4. The molecule has 1 unspecified atom stereocenters. The Balaban J connectivity index is 0.00000171. The maximum Gasteiger partial charge on any atom is 0.273 e. The number of aromatic nitrogens is 1. The third-order valence-electron chi connectivity index (χ3n) is 6.07. The smallest absolute Gasteiger partial charge is 0.273 e. The fraction of sp³-hybridized carbons (Fsp3) is 0.750. The maximum atomic E-state index is 12.3. The van der Waals surface area contributed by atoms with Crippen molar-refractivity contribution in [3.63, 3.8) is 0 Å². The highest BCUT2D eigenvalue weighted by molar-refractivity contribution is 5.91. The van der Waals surface area contributed by atoms with Crippen LogP contribution in [0.5, 0.6) is 0 Å². The topological polar surface area (TPSA) is 114 Å². The summed E-state index contributed by atoms with van der Waals surface area (Å²) in [5, 5.41) is 2.80. The molecular weight excluding hydrogens is 445 g/mol. The average Bonchev–Trinajstić information content (AvgIpc) is 3.41. The second-order valence-electron chi connectivity index (χ2n) is 8.46. The van der Waals surface area contributed by atoms with Gasteiger partial charge in [0.25, 0.3) is 5.91 Å². The van der Waals surface area contributed by atoms with E-state index in [0.717, 1.165) is 38.4 Å². The van der Waals surface area contributed by atoms with Gasteiger partial charge < -0.3 is 30.0 Å². The number of halogens is 2. The van der Waals surface area contributed by atoms with Crippen LogP contribution in [-0.2, 0) is 16.1 Å². The number of nitrogens with one attached hydrogen (secondary N) is 1. The van der Waals surface area contributed by atoms with Gasteiger partial charge in [0, 0.05) is 26.2 Å². The molecule has 0 spiro atoms. The molecule has 1 saturated carbocycles. The summed E-state index contributed by atoms with van der Waals surface area (Å²) in [6, 6.07) is 0. The highest BCUT2D eigenvalue weighted by atomic mass is 35.5. The zero-order valence-corrected chi connectivity index (χ0v) is 19.3. The van der Waals surface area contributed by atoms with E-state index in [4.69, 9.17) is 14.9 Å². The van der Waals surface area contributed by atoms with E-state index in [0.29, 0.717) is 24.9 Å². The maximum absolute atomic E-state index is 12.3. The molecule has 3 aliphatic rings. The summed E-state index contributed by atoms with van der Waals surface area (Å²) in [6.07, 6.45) is 6.16. The molecule has 0 aromatic carbocycles. The van der Waals surface area contributed by atoms with E-state index in [1.165, 1.54) is 25.6 Å². The number of piperidine rings is 1. The van der Waals surface area contributed by atoms with Gasteiger partial charge >= 0.3 is 0 Å². The molecule has 0 radical (unpaired) electrons. The van der Waals surface area contributed by atoms with E-state index >= 15 is 0 Å². The van der Waals surface area contributed by atoms with Crippen LogP contribution < -0.4 is 11.1 Å². The number of oxazole rings is 1. The third kappa shape index (κ3) is 7.32. The molecule has 31 heavy (non-hydrogen) atoms. The van der Waals surface area contributed by atoms with Gasteiger partial charge in [0.05, 0.1) is 12.6 Å². The Bertz CT molecular complexity index is 722. The standard InChI is InChI=1S/C20H31N5O4.2ClH/c21-7-18-23-17(12-29-18)20(27)22-8-16-11-25(19(26)13-28-16)10-15-3-5-24(6-4-15)9-14-1-2-14;;/h12,14-16H,1-11,13,21H2,(H,22,27);2*1H. The van der Waals surface area contributed by atoms with Crippen molar-refractivity contribution in [1.29, 1.82) is 0 Å². The fourth-order valence-corrected chi connectivity index (χ4v) is 4.12. The number of nitrogens with zero attached hydrogens (tertiary/aromatic N) is 3. The zero-order chi connectivity index (χ0) is 20.2. The highest BCUT2D eigenvalue weighted by Crippen LogP contribution is 2.31. The van der Waals surface area contributed by atoms with Crippen LogP contribution in [0.25, 0.3) is 0 Å². The lowest BCUT2D eigenvalue weighted by Gasteiger charge is -2.38. The van der Waals surface area contributed by atoms with Crippen molar-refractivity contribution in [2.75, 3.05) is 45.9 Å². The van der Waals surface area contributed by atoms with E-state index in [1.807, 2.05) is 4.90 Å². The number of carbonyl (C=O) groups excluding carboxylic acids is 2. The summed E-state index contributed by atoms with van der Waals surface area (Å²) in [5.41, 5.74) is 5.64. The predicted molar refractivity (Wildman–Crippen MR) is 119 cm³/mol. The number of hydrogen-bond donors (Lipinski definition) is 2. The molecule has 4 rings (SSSR count). The molecule has 1 aromatic rings. The number of hydrogen-bond acceptors (Lipinski definition) is 7. The summed E-state index contributed by atoms with van der Waals surface area (Å²) in [4.78, 5) is 33.0. The van der Waals surface area contributed by atoms with Crippen LogP contribution in [0.4, 0.5) is 0 Å². The quantitative estimate of drug-likeness (QED) is 0.574. The summed E-state index contributed by atoms with van der Waals surface area (Å²) in [6.45, 7) is 5.37. The summed E-state index contributed by atoms with van der Waals surface area (Å²) in [5.74, 6) is 1.51. The van der Waals surface area contributed by atoms with Gasteiger partial charge in [0.2, 0.25) is 11.8 Å². The Hall–Kier alpha value is -1.39. The lowest BCUT2D eigenvalue weighted by Crippen LogP contribution is -2.52. The Morgan fingerprint density at radius 3 is 2.52 bits per heavy atom. The molecule has 3 fully saturated rings. The minimum absolute atomic E-state index is 0. The van der Waals surface area contributed by atoms with E-state index in [-0.39, 0.29) is 61.6 Å². The van der Waals surface area contributed by atoms with Gasteiger partial charge in [-0.05, 0) is 50.6 Å². The first-order chi connectivity index (χ1) is 14.1. The lowest BCUT2D eigenvalue weighted by atomic mass is 9.95. The van der Waals surface area contributed by atoms with E-state index in [1.54, 1.807) is 0 Å². The molecule has 2 aliphatic heterocycles. The van der Waals surface area contributed by atoms with Crippen LogP contribution in [0, 0.1) is 11.8 Å². The van der Waals surface area contributed by atoms with Crippen molar-refractivity contribution >= 4 is 36.6 Å². The van der Waals surface area contributed by atoms with E-state index < -0.39 is 0 Å². The number of carbonyl (C=O) groups is 2. The van der Waals surface area contributed by atoms with E-state index in [9.17, 15) is 9.59 Å². The van der Waals surface area contributed by atoms with Crippen LogP contribution >= 0.6 is 24.8 Å². The van der Waals surface area contributed by atoms with Crippen molar-refractivity contribution < 1.29 is 18.7 Å². The van der Waals surface area contributed by atoms with Gasteiger partial charge in [-0.1, -0.05) is 0 Å². The second kappa shape index (κ2) is 12.0. The number of rotatable bonds is 8. The number of amides is 2. The minimum atomic E-state index is -0.330. The van der Waals surface area contributed by atoms with Crippen molar-refractivity contribution in [2.24, 2.45) is 17.6 Å². The molecule has 11 heteroatoms. The van der Waals surface area contributed by atoms with Gasteiger partial charge in [0.15, 0.2) is 5.69 Å². The molecule has 1 aromatic heterocycles. The van der Waals surface area contributed by atoms with Gasteiger partial charge in [-0.2, -0.15) is 0 Å². The molecule has 3 N–H and O–H groups in total. The Labute approximate surface area is 195 Å². The van der Waals surface area contributed by atoms with Crippen molar-refractivity contribution in [2.45, 2.75) is 38.3 Å². The first-order valence-corrected chi connectivity index (χ1v) is 10.6. The Morgan fingerprint density at radius 2 is 1.87 bits per heavy atom. The third-order valence-corrected chi connectivity index (χ3v) is 6.07. The highest BCUT2D eigenvalue weighted by Gasteiger charge is 2.31. The van der Waals surface area contributed by atoms with E-state index in [2.05, 4.69) is 15.2 Å². The molecule has 9 nitrogen and oxygen atoms in total. The fourth-order valence-electron chi connectivity index (χ4n) is 4.12. The van der Waals surface area contributed by atoms with Crippen molar-refractivity contribution in [3.8, 4) is 0 Å². The van der Waals surface area contributed by atoms with Crippen LogP contribution in [0.3, 0.4) is 0 Å².